The van der Waals surface area contributed by atoms with Gasteiger partial charge in [0, 0.05) is 17.8 Å². The summed E-state index contributed by atoms with van der Waals surface area (Å²) in [6, 6.07) is 11.4. The standard InChI is InChI=1S/C17H16ClN3O3S2/c1-11-19-15-7-6-14(9-16(15)25-11)26(23,24)21(2)10-17(22)20-13-5-3-4-12(18)8-13/h3-9H,10H2,1-2H3,(H,20,22). The molecular weight excluding hydrogens is 394 g/mol. The Labute approximate surface area is 160 Å². The first-order valence-electron chi connectivity index (χ1n) is 7.64. The highest BCUT2D eigenvalue weighted by Crippen LogP contribution is 2.26. The first kappa shape index (κ1) is 18.8. The molecule has 0 unspecified atom stereocenters. The minimum atomic E-state index is -3.79. The number of aromatic nitrogens is 1. The van der Waals surface area contributed by atoms with Gasteiger partial charge in [-0.05, 0) is 43.3 Å². The third-order valence-electron chi connectivity index (χ3n) is 3.65. The molecule has 6 nitrogen and oxygen atoms in total. The Bertz CT molecular complexity index is 1080. The van der Waals surface area contributed by atoms with Crippen LogP contribution in [0.5, 0.6) is 0 Å². The Balaban J connectivity index is 1.76. The van der Waals surface area contributed by atoms with Gasteiger partial charge in [0.15, 0.2) is 0 Å². The van der Waals surface area contributed by atoms with Crippen molar-refractivity contribution >= 4 is 54.8 Å². The summed E-state index contributed by atoms with van der Waals surface area (Å²) < 4.78 is 27.3. The van der Waals surface area contributed by atoms with Crippen molar-refractivity contribution in [3.05, 3.63) is 52.5 Å². The van der Waals surface area contributed by atoms with Gasteiger partial charge < -0.3 is 5.32 Å². The number of carbonyl (C=O) groups is 1. The number of sulfonamides is 1. The number of aryl methyl sites for hydroxylation is 1. The maximum Gasteiger partial charge on any atom is 0.243 e. The van der Waals surface area contributed by atoms with E-state index in [1.54, 1.807) is 36.4 Å². The number of carbonyl (C=O) groups excluding carboxylic acids is 1. The van der Waals surface area contributed by atoms with Crippen LogP contribution in [0, 0.1) is 6.92 Å². The van der Waals surface area contributed by atoms with Gasteiger partial charge in [-0.3, -0.25) is 4.79 Å². The Hall–Kier alpha value is -2.00. The van der Waals surface area contributed by atoms with E-state index in [1.165, 1.54) is 24.5 Å². The van der Waals surface area contributed by atoms with Crippen LogP contribution in [-0.4, -0.2) is 37.2 Å². The van der Waals surface area contributed by atoms with Gasteiger partial charge in [-0.25, -0.2) is 13.4 Å². The molecule has 0 radical (unpaired) electrons. The molecule has 0 aliphatic carbocycles. The maximum atomic E-state index is 12.7. The number of halogens is 1. The molecule has 2 aromatic carbocycles. The summed E-state index contributed by atoms with van der Waals surface area (Å²) in [4.78, 5) is 16.6. The topological polar surface area (TPSA) is 79.4 Å². The number of anilines is 1. The van der Waals surface area contributed by atoms with E-state index >= 15 is 0 Å². The number of benzene rings is 2. The van der Waals surface area contributed by atoms with Crippen LogP contribution in [0.1, 0.15) is 5.01 Å². The van der Waals surface area contributed by atoms with Crippen molar-refractivity contribution in [2.24, 2.45) is 0 Å². The third-order valence-corrected chi connectivity index (χ3v) is 6.62. The van der Waals surface area contributed by atoms with Crippen LogP contribution in [0.25, 0.3) is 10.2 Å². The summed E-state index contributed by atoms with van der Waals surface area (Å²) in [6.45, 7) is 1.56. The van der Waals surface area contributed by atoms with Crippen molar-refractivity contribution in [2.45, 2.75) is 11.8 Å². The van der Waals surface area contributed by atoms with Gasteiger partial charge in [-0.15, -0.1) is 11.3 Å². The zero-order valence-corrected chi connectivity index (χ0v) is 16.5. The normalized spacial score (nSPS) is 11.8. The highest BCUT2D eigenvalue weighted by molar-refractivity contribution is 7.89. The molecule has 26 heavy (non-hydrogen) atoms. The lowest BCUT2D eigenvalue weighted by Crippen LogP contribution is -2.34. The second kappa shape index (κ2) is 7.32. The van der Waals surface area contributed by atoms with Gasteiger partial charge in [0.2, 0.25) is 15.9 Å². The lowest BCUT2D eigenvalue weighted by molar-refractivity contribution is -0.116. The van der Waals surface area contributed by atoms with E-state index < -0.39 is 15.9 Å². The molecule has 1 N–H and O–H groups in total. The van der Waals surface area contributed by atoms with Gasteiger partial charge in [-0.2, -0.15) is 4.31 Å². The Morgan fingerprint density at radius 2 is 2.04 bits per heavy atom. The minimum absolute atomic E-state index is 0.131. The molecule has 1 heterocycles. The fourth-order valence-electron chi connectivity index (χ4n) is 2.41. The van der Waals surface area contributed by atoms with E-state index in [0.29, 0.717) is 10.7 Å². The maximum absolute atomic E-state index is 12.7. The summed E-state index contributed by atoms with van der Waals surface area (Å²) >= 11 is 7.30. The quantitative estimate of drug-likeness (QED) is 0.699. The zero-order valence-electron chi connectivity index (χ0n) is 14.1. The molecule has 3 aromatic rings. The summed E-state index contributed by atoms with van der Waals surface area (Å²) in [5.74, 6) is -0.451. The van der Waals surface area contributed by atoms with Crippen LogP contribution in [0.4, 0.5) is 5.69 Å². The molecule has 0 fully saturated rings. The van der Waals surface area contributed by atoms with Gasteiger partial charge in [0.25, 0.3) is 0 Å². The predicted molar refractivity (Wildman–Crippen MR) is 104 cm³/mol. The number of nitrogens with zero attached hydrogens (tertiary/aromatic N) is 2. The van der Waals surface area contributed by atoms with E-state index in [-0.39, 0.29) is 11.4 Å². The average molecular weight is 410 g/mol. The van der Waals surface area contributed by atoms with E-state index in [4.69, 9.17) is 11.6 Å². The highest BCUT2D eigenvalue weighted by atomic mass is 35.5. The number of likely N-dealkylation sites (N-methyl/N-ethyl adjacent to an activating group) is 1. The van der Waals surface area contributed by atoms with Crippen LogP contribution < -0.4 is 5.32 Å². The number of amides is 1. The predicted octanol–water partition coefficient (Wildman–Crippen LogP) is 3.52. The second-order valence-electron chi connectivity index (χ2n) is 5.68. The summed E-state index contributed by atoms with van der Waals surface area (Å²) in [6.07, 6.45) is 0. The summed E-state index contributed by atoms with van der Waals surface area (Å²) in [5, 5.41) is 3.98. The van der Waals surface area contributed by atoms with Crippen molar-refractivity contribution in [3.8, 4) is 0 Å². The number of hydrogen-bond donors (Lipinski definition) is 1. The Kier molecular flexibility index (Phi) is 5.29. The van der Waals surface area contributed by atoms with Gasteiger partial charge in [-0.1, -0.05) is 17.7 Å². The van der Waals surface area contributed by atoms with E-state index in [9.17, 15) is 13.2 Å². The molecule has 0 aliphatic heterocycles. The van der Waals surface area contributed by atoms with Gasteiger partial charge in [0.1, 0.15) is 0 Å². The highest BCUT2D eigenvalue weighted by Gasteiger charge is 2.23. The lowest BCUT2D eigenvalue weighted by Gasteiger charge is -2.17. The van der Waals surface area contributed by atoms with Crippen LogP contribution in [-0.2, 0) is 14.8 Å². The number of thiazole rings is 1. The Morgan fingerprint density at radius 1 is 1.27 bits per heavy atom. The third kappa shape index (κ3) is 4.04. The minimum Gasteiger partial charge on any atom is -0.325 e. The van der Waals surface area contributed by atoms with Crippen molar-refractivity contribution in [1.29, 1.82) is 0 Å². The summed E-state index contributed by atoms with van der Waals surface area (Å²) in [5.41, 5.74) is 1.27. The fourth-order valence-corrected chi connectivity index (χ4v) is 4.70. The lowest BCUT2D eigenvalue weighted by atomic mass is 10.3. The number of nitrogens with one attached hydrogen (secondary N) is 1. The van der Waals surface area contributed by atoms with Gasteiger partial charge >= 0.3 is 0 Å². The fraction of sp³-hybridized carbons (Fsp3) is 0.176. The number of fused-ring (bicyclic) bond motifs is 1. The molecule has 0 aliphatic rings. The molecule has 0 saturated carbocycles. The molecule has 1 aromatic heterocycles. The van der Waals surface area contributed by atoms with Crippen LogP contribution in [0.15, 0.2) is 47.4 Å². The van der Waals surface area contributed by atoms with Gasteiger partial charge in [0.05, 0.1) is 26.7 Å². The van der Waals surface area contributed by atoms with E-state index in [0.717, 1.165) is 19.5 Å². The molecule has 0 atom stereocenters. The van der Waals surface area contributed by atoms with Crippen molar-refractivity contribution in [3.63, 3.8) is 0 Å². The Morgan fingerprint density at radius 3 is 2.77 bits per heavy atom. The second-order valence-corrected chi connectivity index (χ2v) is 9.40. The number of hydrogen-bond acceptors (Lipinski definition) is 5. The molecule has 136 valence electrons. The first-order valence-corrected chi connectivity index (χ1v) is 10.3. The zero-order chi connectivity index (χ0) is 18.9. The monoisotopic (exact) mass is 409 g/mol. The smallest absolute Gasteiger partial charge is 0.243 e. The van der Waals surface area contributed by atoms with Crippen LogP contribution >= 0.6 is 22.9 Å². The average Bonchev–Trinajstić information content (AvgIpc) is 2.93. The number of rotatable bonds is 5. The molecular formula is C17H16ClN3O3S2. The molecule has 0 saturated heterocycles. The molecule has 0 bridgehead atoms. The van der Waals surface area contributed by atoms with Crippen molar-refractivity contribution in [1.82, 2.24) is 9.29 Å². The van der Waals surface area contributed by atoms with Crippen LogP contribution in [0.3, 0.4) is 0 Å². The van der Waals surface area contributed by atoms with Crippen LogP contribution in [0.2, 0.25) is 5.02 Å². The first-order chi connectivity index (χ1) is 12.3. The summed E-state index contributed by atoms with van der Waals surface area (Å²) in [7, 11) is -2.42. The SMILES string of the molecule is Cc1nc2ccc(S(=O)(=O)N(C)CC(=O)Nc3cccc(Cl)c3)cc2s1. The molecule has 9 heteroatoms. The van der Waals surface area contributed by atoms with E-state index in [1.807, 2.05) is 6.92 Å². The largest absolute Gasteiger partial charge is 0.325 e. The molecule has 1 amide bonds. The molecule has 0 spiro atoms. The van der Waals surface area contributed by atoms with Crippen molar-refractivity contribution < 1.29 is 13.2 Å². The van der Waals surface area contributed by atoms with E-state index in [2.05, 4.69) is 10.3 Å². The van der Waals surface area contributed by atoms with Crippen molar-refractivity contribution in [2.75, 3.05) is 18.9 Å². The molecule has 3 rings (SSSR count).